The highest BCUT2D eigenvalue weighted by atomic mass is 16.6. The zero-order valence-corrected chi connectivity index (χ0v) is 15.4. The van der Waals surface area contributed by atoms with Crippen LogP contribution in [0.2, 0.25) is 0 Å². The Balaban J connectivity index is 1.89. The molecule has 0 saturated heterocycles. The lowest BCUT2D eigenvalue weighted by Crippen LogP contribution is -2.23. The van der Waals surface area contributed by atoms with E-state index in [9.17, 15) is 34.7 Å². The van der Waals surface area contributed by atoms with E-state index in [0.29, 0.717) is 5.69 Å². The maximum atomic E-state index is 13.2. The number of rotatable bonds is 4. The maximum absolute atomic E-state index is 13.2. The normalized spacial score (nSPS) is 12.1. The van der Waals surface area contributed by atoms with Crippen molar-refractivity contribution in [2.75, 3.05) is 5.32 Å². The lowest BCUT2D eigenvalue weighted by Gasteiger charge is -2.22. The summed E-state index contributed by atoms with van der Waals surface area (Å²) < 4.78 is 0. The van der Waals surface area contributed by atoms with E-state index in [2.05, 4.69) is 5.32 Å². The van der Waals surface area contributed by atoms with Gasteiger partial charge in [0.2, 0.25) is 11.6 Å². The number of benzene rings is 3. The van der Waals surface area contributed by atoms with Gasteiger partial charge < -0.3 is 20.6 Å². The molecule has 3 aromatic carbocycles. The number of carbonyl (C=O) groups is 3. The highest BCUT2D eigenvalue weighted by molar-refractivity contribution is 6.33. The van der Waals surface area contributed by atoms with Crippen molar-refractivity contribution in [3.8, 4) is 11.5 Å². The SMILES string of the molecule is O=C(O)c1ccc(Nc2ccc(O)c3c2C(=O)c2c(O)ccc([N+](=O)[O-])c2C3=O)cc1. The van der Waals surface area contributed by atoms with Gasteiger partial charge in [-0.2, -0.15) is 0 Å². The number of hydrogen-bond acceptors (Lipinski definition) is 8. The number of nitrogens with one attached hydrogen (secondary N) is 1. The van der Waals surface area contributed by atoms with Crippen molar-refractivity contribution in [2.24, 2.45) is 0 Å². The number of nitro benzene ring substituents is 1. The summed E-state index contributed by atoms with van der Waals surface area (Å²) in [6.07, 6.45) is 0. The third-order valence-corrected chi connectivity index (χ3v) is 4.86. The van der Waals surface area contributed by atoms with E-state index in [1.165, 1.54) is 30.3 Å². The summed E-state index contributed by atoms with van der Waals surface area (Å²) in [4.78, 5) is 47.8. The number of aromatic carboxylic acids is 1. The standard InChI is InChI=1S/C21H12N2O8/c24-13-7-5-11(22-10-3-1-9(2-4-10)21(28)29)15-17(13)20(27)16-12(23(30)31)6-8-14(25)18(16)19(15)26/h1-8,22,24-25H,(H,28,29). The predicted molar refractivity (Wildman–Crippen MR) is 106 cm³/mol. The number of anilines is 2. The van der Waals surface area contributed by atoms with Crippen LogP contribution in [0.1, 0.15) is 42.2 Å². The largest absolute Gasteiger partial charge is 0.507 e. The highest BCUT2D eigenvalue weighted by Gasteiger charge is 2.40. The van der Waals surface area contributed by atoms with Gasteiger partial charge >= 0.3 is 5.97 Å². The fraction of sp³-hybridized carbons (Fsp3) is 0. The summed E-state index contributed by atoms with van der Waals surface area (Å²) in [5.41, 5.74) is -1.98. The fourth-order valence-corrected chi connectivity index (χ4v) is 3.46. The van der Waals surface area contributed by atoms with Crippen LogP contribution in [0.25, 0.3) is 0 Å². The molecule has 3 aromatic rings. The maximum Gasteiger partial charge on any atom is 0.335 e. The van der Waals surface area contributed by atoms with Gasteiger partial charge in [0.05, 0.1) is 32.9 Å². The van der Waals surface area contributed by atoms with Crippen molar-refractivity contribution in [1.29, 1.82) is 0 Å². The number of hydrogen-bond donors (Lipinski definition) is 4. The Labute approximate surface area is 173 Å². The molecule has 0 bridgehead atoms. The first-order chi connectivity index (χ1) is 14.7. The second kappa shape index (κ2) is 6.95. The van der Waals surface area contributed by atoms with Crippen molar-refractivity contribution in [2.45, 2.75) is 0 Å². The Morgan fingerprint density at radius 3 is 1.94 bits per heavy atom. The number of aromatic hydroxyl groups is 2. The second-order valence-electron chi connectivity index (χ2n) is 6.66. The minimum absolute atomic E-state index is 0.0377. The molecule has 10 heteroatoms. The number of carbonyl (C=O) groups excluding carboxylic acids is 2. The van der Waals surface area contributed by atoms with Gasteiger partial charge in [-0.25, -0.2) is 4.79 Å². The third-order valence-electron chi connectivity index (χ3n) is 4.86. The molecule has 0 heterocycles. The minimum atomic E-state index is -1.12. The first kappa shape index (κ1) is 19.6. The van der Waals surface area contributed by atoms with Crippen LogP contribution < -0.4 is 5.32 Å². The van der Waals surface area contributed by atoms with Crippen LogP contribution in [-0.4, -0.2) is 37.8 Å². The van der Waals surface area contributed by atoms with Gasteiger partial charge in [-0.3, -0.25) is 19.7 Å². The van der Waals surface area contributed by atoms with Gasteiger partial charge in [-0.1, -0.05) is 0 Å². The number of fused-ring (bicyclic) bond motifs is 2. The minimum Gasteiger partial charge on any atom is -0.507 e. The Bertz CT molecular complexity index is 1310. The topological polar surface area (TPSA) is 167 Å². The smallest absolute Gasteiger partial charge is 0.335 e. The Hall–Kier alpha value is -4.73. The molecule has 31 heavy (non-hydrogen) atoms. The molecule has 0 unspecified atom stereocenters. The number of phenolic OH excluding ortho intramolecular Hbond substituents is 2. The average Bonchev–Trinajstić information content (AvgIpc) is 2.73. The van der Waals surface area contributed by atoms with Gasteiger partial charge in [-0.05, 0) is 42.5 Å². The van der Waals surface area contributed by atoms with Crippen LogP contribution in [0, 0.1) is 10.1 Å². The van der Waals surface area contributed by atoms with E-state index in [1.807, 2.05) is 0 Å². The first-order valence-corrected chi connectivity index (χ1v) is 8.76. The lowest BCUT2D eigenvalue weighted by atomic mass is 9.81. The fourth-order valence-electron chi connectivity index (χ4n) is 3.46. The zero-order valence-electron chi connectivity index (χ0n) is 15.4. The molecule has 0 aromatic heterocycles. The molecule has 4 N–H and O–H groups in total. The number of phenols is 2. The molecular formula is C21H12N2O8. The average molecular weight is 420 g/mol. The second-order valence-corrected chi connectivity index (χ2v) is 6.66. The van der Waals surface area contributed by atoms with Gasteiger partial charge in [0.15, 0.2) is 0 Å². The molecule has 0 spiro atoms. The van der Waals surface area contributed by atoms with Crippen molar-refractivity contribution in [1.82, 2.24) is 0 Å². The summed E-state index contributed by atoms with van der Waals surface area (Å²) >= 11 is 0. The van der Waals surface area contributed by atoms with Crippen molar-refractivity contribution >= 4 is 34.6 Å². The van der Waals surface area contributed by atoms with E-state index in [0.717, 1.165) is 18.2 Å². The molecule has 0 atom stereocenters. The van der Waals surface area contributed by atoms with Crippen molar-refractivity contribution < 1.29 is 34.6 Å². The monoisotopic (exact) mass is 420 g/mol. The van der Waals surface area contributed by atoms with Gasteiger partial charge in [0.1, 0.15) is 17.1 Å². The summed E-state index contributed by atoms with van der Waals surface area (Å²) in [5.74, 6) is -4.14. The van der Waals surface area contributed by atoms with Gasteiger partial charge in [-0.15, -0.1) is 0 Å². The molecule has 0 saturated carbocycles. The number of carboxylic acids is 1. The quantitative estimate of drug-likeness (QED) is 0.220. The van der Waals surface area contributed by atoms with Crippen LogP contribution >= 0.6 is 0 Å². The molecule has 0 fully saturated rings. The van der Waals surface area contributed by atoms with E-state index in [-0.39, 0.29) is 16.8 Å². The molecule has 1 aliphatic carbocycles. The Morgan fingerprint density at radius 2 is 1.35 bits per heavy atom. The lowest BCUT2D eigenvalue weighted by molar-refractivity contribution is -0.385. The Morgan fingerprint density at radius 1 is 0.806 bits per heavy atom. The molecule has 10 nitrogen and oxygen atoms in total. The number of nitro groups is 1. The highest BCUT2D eigenvalue weighted by Crippen LogP contribution is 2.43. The van der Waals surface area contributed by atoms with Crippen LogP contribution in [0.4, 0.5) is 17.1 Å². The van der Waals surface area contributed by atoms with E-state index >= 15 is 0 Å². The molecular weight excluding hydrogens is 408 g/mol. The first-order valence-electron chi connectivity index (χ1n) is 8.76. The molecule has 0 radical (unpaired) electrons. The van der Waals surface area contributed by atoms with E-state index < -0.39 is 56.3 Å². The summed E-state index contributed by atoms with van der Waals surface area (Å²) in [6, 6.07) is 9.87. The molecule has 0 aliphatic heterocycles. The van der Waals surface area contributed by atoms with Crippen molar-refractivity contribution in [3.63, 3.8) is 0 Å². The summed E-state index contributed by atoms with van der Waals surface area (Å²) in [7, 11) is 0. The molecule has 4 rings (SSSR count). The van der Waals surface area contributed by atoms with E-state index in [1.54, 1.807) is 0 Å². The molecule has 154 valence electrons. The third kappa shape index (κ3) is 3.02. The number of carboxylic acid groups (broad SMARTS) is 1. The van der Waals surface area contributed by atoms with Gasteiger partial charge in [0, 0.05) is 11.8 Å². The summed E-state index contributed by atoms with van der Waals surface area (Å²) in [6.45, 7) is 0. The van der Waals surface area contributed by atoms with Crippen LogP contribution in [0.15, 0.2) is 48.5 Å². The van der Waals surface area contributed by atoms with E-state index in [4.69, 9.17) is 5.11 Å². The van der Waals surface area contributed by atoms with Crippen molar-refractivity contribution in [3.05, 3.63) is 86.5 Å². The van der Waals surface area contributed by atoms with Crippen LogP contribution in [0.5, 0.6) is 11.5 Å². The predicted octanol–water partition coefficient (Wildman–Crippen LogP) is 3.22. The molecule has 1 aliphatic rings. The molecule has 0 amide bonds. The number of nitrogens with zero attached hydrogens (tertiary/aromatic N) is 1. The van der Waals surface area contributed by atoms with Crippen LogP contribution in [-0.2, 0) is 0 Å². The number of ketones is 2. The summed E-state index contributed by atoms with van der Waals surface area (Å²) in [5, 5.41) is 43.7. The van der Waals surface area contributed by atoms with Gasteiger partial charge in [0.25, 0.3) is 5.69 Å². The van der Waals surface area contributed by atoms with Crippen LogP contribution in [0.3, 0.4) is 0 Å². The zero-order chi connectivity index (χ0) is 22.4. The Kier molecular flexibility index (Phi) is 4.39.